The van der Waals surface area contributed by atoms with Crippen LogP contribution in [0.15, 0.2) is 29.4 Å². The molecule has 0 heterocycles. The number of hydrogen-bond donors (Lipinski definition) is 3. The Hall–Kier alpha value is -1.46. The third-order valence-electron chi connectivity index (χ3n) is 1.41. The first-order chi connectivity index (χ1) is 6.61. The molecule has 1 rings (SSSR count). The third kappa shape index (κ3) is 4.05. The van der Waals surface area contributed by atoms with Crippen LogP contribution in [0.5, 0.6) is 0 Å². The van der Waals surface area contributed by atoms with Gasteiger partial charge in [-0.2, -0.15) is 0 Å². The number of amides is 1. The molecule has 0 radical (unpaired) electrons. The van der Waals surface area contributed by atoms with Crippen molar-refractivity contribution in [3.8, 4) is 0 Å². The second kappa shape index (κ2) is 6.10. The molecule has 5 N–H and O–H groups in total. The van der Waals surface area contributed by atoms with E-state index in [1.807, 2.05) is 0 Å². The number of halogens is 2. The van der Waals surface area contributed by atoms with Crippen LogP contribution in [0.25, 0.3) is 0 Å². The zero-order chi connectivity index (χ0) is 10.6. The molecule has 0 aromatic heterocycles. The highest BCUT2D eigenvalue weighted by atomic mass is 35.5. The summed E-state index contributed by atoms with van der Waals surface area (Å²) in [6.07, 6.45) is 0. The van der Waals surface area contributed by atoms with Gasteiger partial charge in [0.1, 0.15) is 0 Å². The van der Waals surface area contributed by atoms with Crippen molar-refractivity contribution >= 4 is 35.9 Å². The summed E-state index contributed by atoms with van der Waals surface area (Å²) in [6.45, 7) is 0. The topological polar surface area (TPSA) is 93.5 Å². The summed E-state index contributed by atoms with van der Waals surface area (Å²) in [5.41, 5.74) is 12.5. The first-order valence-electron chi connectivity index (χ1n) is 3.75. The predicted molar refractivity (Wildman–Crippen MR) is 62.0 cm³/mol. The van der Waals surface area contributed by atoms with Crippen LogP contribution in [0.3, 0.4) is 0 Å². The maximum absolute atomic E-state index is 11.4. The standard InChI is InChI=1S/C8H9ClN4O.ClH/c9-6-4-2-1-3-5(6)7(14)12-13-8(10)11;/h1-4H,(H,12,14)(H4,10,11,13);1H. The summed E-state index contributed by atoms with van der Waals surface area (Å²) in [6, 6.07) is 6.59. The van der Waals surface area contributed by atoms with E-state index in [1.54, 1.807) is 24.3 Å². The number of benzene rings is 1. The van der Waals surface area contributed by atoms with Gasteiger partial charge >= 0.3 is 0 Å². The Bertz CT molecular complexity index is 377. The summed E-state index contributed by atoms with van der Waals surface area (Å²) in [5, 5.41) is 3.70. The van der Waals surface area contributed by atoms with Crippen molar-refractivity contribution in [3.05, 3.63) is 34.9 Å². The molecular formula is C8H10Cl2N4O. The number of carbonyl (C=O) groups is 1. The molecule has 0 unspecified atom stereocenters. The fraction of sp³-hybridized carbons (Fsp3) is 0. The predicted octanol–water partition coefficient (Wildman–Crippen LogP) is 0.680. The third-order valence-corrected chi connectivity index (χ3v) is 1.73. The Balaban J connectivity index is 0.00000196. The van der Waals surface area contributed by atoms with Crippen molar-refractivity contribution in [2.24, 2.45) is 16.6 Å². The number of hydrogen-bond acceptors (Lipinski definition) is 2. The number of nitrogens with zero attached hydrogens (tertiary/aromatic N) is 1. The number of guanidine groups is 1. The molecule has 1 amide bonds. The Morgan fingerprint density at radius 3 is 2.47 bits per heavy atom. The molecule has 0 aliphatic carbocycles. The van der Waals surface area contributed by atoms with Gasteiger partial charge < -0.3 is 11.5 Å². The van der Waals surface area contributed by atoms with Gasteiger partial charge in [0.15, 0.2) is 0 Å². The summed E-state index contributed by atoms with van der Waals surface area (Å²) >= 11 is 5.76. The number of nitrogens with one attached hydrogen (secondary N) is 1. The molecule has 0 spiro atoms. The zero-order valence-electron chi connectivity index (χ0n) is 7.61. The minimum atomic E-state index is -0.455. The first-order valence-corrected chi connectivity index (χ1v) is 4.12. The number of carbonyl (C=O) groups excluding carboxylic acids is 1. The van der Waals surface area contributed by atoms with Gasteiger partial charge in [0, 0.05) is 0 Å². The lowest BCUT2D eigenvalue weighted by Crippen LogP contribution is -2.29. The van der Waals surface area contributed by atoms with Gasteiger partial charge in [-0.05, 0) is 12.1 Å². The van der Waals surface area contributed by atoms with Gasteiger partial charge in [-0.1, -0.05) is 23.7 Å². The highest BCUT2D eigenvalue weighted by Crippen LogP contribution is 2.14. The van der Waals surface area contributed by atoms with Crippen LogP contribution in [0.4, 0.5) is 0 Å². The lowest BCUT2D eigenvalue weighted by molar-refractivity contribution is 0.0955. The van der Waals surface area contributed by atoms with Gasteiger partial charge in [-0.15, -0.1) is 17.5 Å². The zero-order valence-corrected chi connectivity index (χ0v) is 9.18. The molecule has 5 nitrogen and oxygen atoms in total. The van der Waals surface area contributed by atoms with E-state index >= 15 is 0 Å². The molecule has 0 saturated heterocycles. The van der Waals surface area contributed by atoms with Crippen LogP contribution in [-0.2, 0) is 0 Å². The smallest absolute Gasteiger partial charge is 0.272 e. The fourth-order valence-corrected chi connectivity index (χ4v) is 1.04. The summed E-state index contributed by atoms with van der Waals surface area (Å²) in [5.74, 6) is -0.672. The van der Waals surface area contributed by atoms with Gasteiger partial charge in [0.05, 0.1) is 10.6 Å². The van der Waals surface area contributed by atoms with Gasteiger partial charge in [-0.25, -0.2) is 5.43 Å². The fourth-order valence-electron chi connectivity index (χ4n) is 0.821. The molecule has 1 aromatic rings. The van der Waals surface area contributed by atoms with Crippen molar-refractivity contribution in [3.63, 3.8) is 0 Å². The molecule has 0 aliphatic rings. The summed E-state index contributed by atoms with van der Waals surface area (Å²) < 4.78 is 0. The van der Waals surface area contributed by atoms with Crippen LogP contribution < -0.4 is 16.9 Å². The maximum atomic E-state index is 11.4. The van der Waals surface area contributed by atoms with E-state index in [9.17, 15) is 4.79 Å². The van der Waals surface area contributed by atoms with Crippen molar-refractivity contribution in [2.45, 2.75) is 0 Å². The van der Waals surface area contributed by atoms with Crippen molar-refractivity contribution < 1.29 is 4.79 Å². The van der Waals surface area contributed by atoms with Crippen LogP contribution in [0, 0.1) is 0 Å². The lowest BCUT2D eigenvalue weighted by Gasteiger charge is -2.01. The minimum absolute atomic E-state index is 0. The first kappa shape index (κ1) is 13.5. The minimum Gasteiger partial charge on any atom is -0.369 e. The van der Waals surface area contributed by atoms with E-state index in [2.05, 4.69) is 10.5 Å². The molecule has 0 atom stereocenters. The van der Waals surface area contributed by atoms with Crippen LogP contribution >= 0.6 is 24.0 Å². The van der Waals surface area contributed by atoms with Gasteiger partial charge in [0.25, 0.3) is 5.91 Å². The van der Waals surface area contributed by atoms with E-state index < -0.39 is 5.91 Å². The van der Waals surface area contributed by atoms with E-state index in [0.717, 1.165) is 0 Å². The van der Waals surface area contributed by atoms with E-state index in [0.29, 0.717) is 10.6 Å². The van der Waals surface area contributed by atoms with E-state index in [-0.39, 0.29) is 18.4 Å². The van der Waals surface area contributed by atoms with Gasteiger partial charge in [0.2, 0.25) is 5.96 Å². The Labute approximate surface area is 97.9 Å². The highest BCUT2D eigenvalue weighted by molar-refractivity contribution is 6.33. The number of rotatable bonds is 2. The van der Waals surface area contributed by atoms with Crippen LogP contribution in [0.2, 0.25) is 5.02 Å². The maximum Gasteiger partial charge on any atom is 0.272 e. The second-order valence-corrected chi connectivity index (χ2v) is 2.86. The molecule has 82 valence electrons. The second-order valence-electron chi connectivity index (χ2n) is 2.46. The summed E-state index contributed by atoms with van der Waals surface area (Å²) in [4.78, 5) is 11.4. The molecule has 7 heteroatoms. The highest BCUT2D eigenvalue weighted by Gasteiger charge is 2.07. The normalized spacial score (nSPS) is 8.60. The van der Waals surface area contributed by atoms with Crippen LogP contribution in [-0.4, -0.2) is 11.9 Å². The monoisotopic (exact) mass is 248 g/mol. The molecule has 0 aliphatic heterocycles. The van der Waals surface area contributed by atoms with Gasteiger partial charge in [-0.3, -0.25) is 4.79 Å². The summed E-state index contributed by atoms with van der Waals surface area (Å²) in [7, 11) is 0. The number of nitrogens with two attached hydrogens (primary N) is 2. The van der Waals surface area contributed by atoms with E-state index in [4.69, 9.17) is 23.1 Å². The van der Waals surface area contributed by atoms with E-state index in [1.165, 1.54) is 0 Å². The molecule has 0 saturated carbocycles. The molecule has 1 aromatic carbocycles. The average Bonchev–Trinajstić information content (AvgIpc) is 2.15. The Morgan fingerprint density at radius 1 is 1.33 bits per heavy atom. The van der Waals surface area contributed by atoms with Crippen molar-refractivity contribution in [1.29, 1.82) is 0 Å². The molecule has 15 heavy (non-hydrogen) atoms. The quantitative estimate of drug-likeness (QED) is 0.408. The largest absolute Gasteiger partial charge is 0.369 e. The average molecular weight is 249 g/mol. The number of hydrazone groups is 1. The van der Waals surface area contributed by atoms with Crippen LogP contribution in [0.1, 0.15) is 10.4 Å². The molecular weight excluding hydrogens is 239 g/mol. The SMILES string of the molecule is Cl.NC(N)=NNC(=O)c1ccccc1Cl. The lowest BCUT2D eigenvalue weighted by atomic mass is 10.2. The Morgan fingerprint density at radius 2 is 1.93 bits per heavy atom. The molecule has 0 fully saturated rings. The Kier molecular flexibility index (Phi) is 5.51. The van der Waals surface area contributed by atoms with Crippen molar-refractivity contribution in [1.82, 2.24) is 5.43 Å². The molecule has 0 bridgehead atoms. The van der Waals surface area contributed by atoms with Crippen molar-refractivity contribution in [2.75, 3.05) is 0 Å².